The van der Waals surface area contributed by atoms with Crippen LogP contribution in [-0.4, -0.2) is 31.6 Å². The lowest BCUT2D eigenvalue weighted by Crippen LogP contribution is -2.51. The molecule has 2 aromatic rings. The molecule has 0 spiro atoms. The van der Waals surface area contributed by atoms with Gasteiger partial charge in [-0.2, -0.15) is 0 Å². The van der Waals surface area contributed by atoms with Crippen molar-refractivity contribution in [2.24, 2.45) is 23.2 Å². The molecule has 4 fully saturated rings. The molecule has 4 aliphatic carbocycles. The van der Waals surface area contributed by atoms with Crippen LogP contribution in [0.15, 0.2) is 22.6 Å². The Morgan fingerprint density at radius 3 is 2.45 bits per heavy atom. The SMILES string of the molecule is CCOc1ccc2oc(C(=O)OCC(=O)NCC34CC5CC(CC(C5)C3)C4)c(C)c2c1. The quantitative estimate of drug-likeness (QED) is 0.655. The van der Waals surface area contributed by atoms with E-state index in [0.717, 1.165) is 28.9 Å². The summed E-state index contributed by atoms with van der Waals surface area (Å²) >= 11 is 0. The number of esters is 1. The van der Waals surface area contributed by atoms with Crippen molar-refractivity contribution in [3.8, 4) is 5.75 Å². The summed E-state index contributed by atoms with van der Waals surface area (Å²) in [5, 5.41) is 3.86. The van der Waals surface area contributed by atoms with Crippen LogP contribution in [0.3, 0.4) is 0 Å². The number of benzene rings is 1. The third-order valence-corrected chi connectivity index (χ3v) is 7.56. The maximum atomic E-state index is 12.5. The lowest BCUT2D eigenvalue weighted by Gasteiger charge is -2.56. The molecule has 4 bridgehead atoms. The van der Waals surface area contributed by atoms with Gasteiger partial charge in [-0.1, -0.05) is 0 Å². The number of fused-ring (bicyclic) bond motifs is 1. The number of nitrogens with one attached hydrogen (secondary N) is 1. The Kier molecular flexibility index (Phi) is 5.19. The van der Waals surface area contributed by atoms with Gasteiger partial charge in [-0.05, 0) is 93.7 Å². The molecular weight excluding hydrogens is 394 g/mol. The highest BCUT2D eigenvalue weighted by atomic mass is 16.5. The minimum absolute atomic E-state index is 0.137. The Morgan fingerprint density at radius 2 is 1.81 bits per heavy atom. The number of ether oxygens (including phenoxy) is 2. The molecule has 0 radical (unpaired) electrons. The number of carbonyl (C=O) groups excluding carboxylic acids is 2. The van der Waals surface area contributed by atoms with E-state index >= 15 is 0 Å². The molecule has 0 atom stereocenters. The molecule has 1 aromatic heterocycles. The third kappa shape index (κ3) is 3.92. The number of rotatable bonds is 7. The van der Waals surface area contributed by atoms with E-state index in [4.69, 9.17) is 13.9 Å². The topological polar surface area (TPSA) is 77.8 Å². The van der Waals surface area contributed by atoms with E-state index in [1.807, 2.05) is 26.0 Å². The molecule has 31 heavy (non-hydrogen) atoms. The minimum Gasteiger partial charge on any atom is -0.494 e. The summed E-state index contributed by atoms with van der Waals surface area (Å²) in [5.41, 5.74) is 1.55. The van der Waals surface area contributed by atoms with Crippen LogP contribution in [-0.2, 0) is 9.53 Å². The van der Waals surface area contributed by atoms with Crippen LogP contribution in [0.25, 0.3) is 11.0 Å². The molecule has 1 N–H and O–H groups in total. The maximum absolute atomic E-state index is 12.5. The summed E-state index contributed by atoms with van der Waals surface area (Å²) in [6, 6.07) is 5.44. The summed E-state index contributed by atoms with van der Waals surface area (Å²) < 4.78 is 16.5. The van der Waals surface area contributed by atoms with Crippen LogP contribution in [0.1, 0.15) is 61.6 Å². The molecule has 4 aliphatic rings. The number of hydrogen-bond donors (Lipinski definition) is 1. The highest BCUT2D eigenvalue weighted by molar-refractivity contribution is 5.97. The average molecular weight is 426 g/mol. The van der Waals surface area contributed by atoms with Gasteiger partial charge in [0.05, 0.1) is 6.61 Å². The lowest BCUT2D eigenvalue weighted by atomic mass is 9.49. The Morgan fingerprint density at radius 1 is 1.13 bits per heavy atom. The zero-order chi connectivity index (χ0) is 21.6. The van der Waals surface area contributed by atoms with Crippen molar-refractivity contribution in [1.82, 2.24) is 5.32 Å². The normalized spacial score (nSPS) is 28.6. The van der Waals surface area contributed by atoms with Crippen molar-refractivity contribution >= 4 is 22.8 Å². The summed E-state index contributed by atoms with van der Waals surface area (Å²) in [6.07, 6.45) is 7.86. The van der Waals surface area contributed by atoms with Gasteiger partial charge >= 0.3 is 5.97 Å². The van der Waals surface area contributed by atoms with Crippen molar-refractivity contribution < 1.29 is 23.5 Å². The summed E-state index contributed by atoms with van der Waals surface area (Å²) in [7, 11) is 0. The zero-order valence-corrected chi connectivity index (χ0v) is 18.4. The fourth-order valence-corrected chi connectivity index (χ4v) is 6.69. The lowest BCUT2D eigenvalue weighted by molar-refractivity contribution is -0.126. The number of amides is 1. The molecule has 1 heterocycles. The van der Waals surface area contributed by atoms with Gasteiger partial charge in [0.2, 0.25) is 5.76 Å². The standard InChI is InChI=1S/C25H31NO5/c1-3-29-19-4-5-21-20(9-19)15(2)23(31-21)24(28)30-13-22(27)26-14-25-10-16-6-17(11-25)8-18(7-16)12-25/h4-5,9,16-18H,3,6-8,10-14H2,1-2H3,(H,26,27). The van der Waals surface area contributed by atoms with Crippen LogP contribution in [0, 0.1) is 30.1 Å². The summed E-state index contributed by atoms with van der Waals surface area (Å²) in [6.45, 7) is 4.72. The number of hydrogen-bond acceptors (Lipinski definition) is 5. The Labute approximate surface area is 182 Å². The first-order chi connectivity index (χ1) is 14.9. The molecule has 6 heteroatoms. The highest BCUT2D eigenvalue weighted by Gasteiger charge is 2.50. The molecule has 6 nitrogen and oxygen atoms in total. The largest absolute Gasteiger partial charge is 0.494 e. The van der Waals surface area contributed by atoms with E-state index in [2.05, 4.69) is 5.32 Å². The Balaban J connectivity index is 1.17. The van der Waals surface area contributed by atoms with Gasteiger partial charge in [-0.3, -0.25) is 4.79 Å². The number of aryl methyl sites for hydroxylation is 1. The van der Waals surface area contributed by atoms with Crippen molar-refractivity contribution in [3.05, 3.63) is 29.5 Å². The minimum atomic E-state index is -0.614. The Bertz CT molecular complexity index is 971. The van der Waals surface area contributed by atoms with Gasteiger partial charge in [0.15, 0.2) is 6.61 Å². The van der Waals surface area contributed by atoms with Gasteiger partial charge in [0, 0.05) is 17.5 Å². The highest BCUT2D eigenvalue weighted by Crippen LogP contribution is 2.59. The van der Waals surface area contributed by atoms with E-state index in [0.29, 0.717) is 24.3 Å². The van der Waals surface area contributed by atoms with Crippen molar-refractivity contribution in [2.45, 2.75) is 52.4 Å². The smallest absolute Gasteiger partial charge is 0.375 e. The molecule has 1 amide bonds. The summed E-state index contributed by atoms with van der Waals surface area (Å²) in [4.78, 5) is 25.0. The third-order valence-electron chi connectivity index (χ3n) is 7.56. The van der Waals surface area contributed by atoms with E-state index < -0.39 is 5.97 Å². The van der Waals surface area contributed by atoms with Gasteiger partial charge in [0.25, 0.3) is 5.91 Å². The molecular formula is C25H31NO5. The second kappa shape index (κ2) is 7.88. The van der Waals surface area contributed by atoms with E-state index in [1.165, 1.54) is 38.5 Å². The van der Waals surface area contributed by atoms with Crippen LogP contribution in [0.4, 0.5) is 0 Å². The zero-order valence-electron chi connectivity index (χ0n) is 18.4. The van der Waals surface area contributed by atoms with Gasteiger partial charge < -0.3 is 19.2 Å². The van der Waals surface area contributed by atoms with Gasteiger partial charge in [0.1, 0.15) is 11.3 Å². The molecule has 166 valence electrons. The van der Waals surface area contributed by atoms with Crippen LogP contribution in [0.5, 0.6) is 5.75 Å². The molecule has 6 rings (SSSR count). The first-order valence-electron chi connectivity index (χ1n) is 11.5. The fraction of sp³-hybridized carbons (Fsp3) is 0.600. The number of furan rings is 1. The monoisotopic (exact) mass is 425 g/mol. The van der Waals surface area contributed by atoms with Crippen molar-refractivity contribution in [3.63, 3.8) is 0 Å². The first kappa shape index (κ1) is 20.4. The second-order valence-electron chi connectivity index (χ2n) is 9.92. The molecule has 1 aromatic carbocycles. The molecule has 0 aliphatic heterocycles. The van der Waals surface area contributed by atoms with Crippen LogP contribution < -0.4 is 10.1 Å². The predicted octanol–water partition coefficient (Wildman–Crippen LogP) is 4.63. The van der Waals surface area contributed by atoms with E-state index in [9.17, 15) is 9.59 Å². The molecule has 0 unspecified atom stereocenters. The van der Waals surface area contributed by atoms with Crippen molar-refractivity contribution in [2.75, 3.05) is 19.8 Å². The van der Waals surface area contributed by atoms with Gasteiger partial charge in [-0.25, -0.2) is 4.79 Å². The molecule has 4 saturated carbocycles. The van der Waals surface area contributed by atoms with E-state index in [1.54, 1.807) is 6.07 Å². The van der Waals surface area contributed by atoms with Gasteiger partial charge in [-0.15, -0.1) is 0 Å². The van der Waals surface area contributed by atoms with Crippen LogP contribution in [0.2, 0.25) is 0 Å². The second-order valence-corrected chi connectivity index (χ2v) is 9.92. The summed E-state index contributed by atoms with van der Waals surface area (Å²) in [5.74, 6) is 2.55. The van der Waals surface area contributed by atoms with E-state index in [-0.39, 0.29) is 23.7 Å². The fourth-order valence-electron chi connectivity index (χ4n) is 6.69. The van der Waals surface area contributed by atoms with Crippen molar-refractivity contribution in [1.29, 1.82) is 0 Å². The number of carbonyl (C=O) groups is 2. The van der Waals surface area contributed by atoms with Crippen LogP contribution >= 0.6 is 0 Å². The predicted molar refractivity (Wildman–Crippen MR) is 116 cm³/mol. The average Bonchev–Trinajstić information content (AvgIpc) is 3.06. The maximum Gasteiger partial charge on any atom is 0.375 e. The Hall–Kier alpha value is -2.50. The first-order valence-corrected chi connectivity index (χ1v) is 11.5. The molecule has 0 saturated heterocycles.